The predicted molar refractivity (Wildman–Crippen MR) is 170 cm³/mol. The molecule has 4 heteroatoms. The van der Waals surface area contributed by atoms with Gasteiger partial charge in [-0.1, -0.05) is 146 Å². The van der Waals surface area contributed by atoms with Crippen LogP contribution in [-0.2, 0) is 16.1 Å². The Labute approximate surface area is 249 Å². The van der Waals surface area contributed by atoms with Crippen LogP contribution in [-0.4, -0.2) is 5.97 Å². The van der Waals surface area contributed by atoms with Gasteiger partial charge < -0.3 is 14.8 Å². The Bertz CT molecular complexity index is 1920. The second-order valence-electron chi connectivity index (χ2n) is 10.9. The zero-order chi connectivity index (χ0) is 28.9. The van der Waals surface area contributed by atoms with E-state index in [1.165, 1.54) is 0 Å². The first-order valence-electron chi connectivity index (χ1n) is 14.4. The molecular formula is C39H27NO3. The van der Waals surface area contributed by atoms with Crippen LogP contribution in [0.2, 0.25) is 0 Å². The summed E-state index contributed by atoms with van der Waals surface area (Å²) in [4.78, 5) is 14.3. The molecule has 0 bridgehead atoms. The van der Waals surface area contributed by atoms with Crippen molar-refractivity contribution in [2.45, 2.75) is 11.3 Å². The quantitative estimate of drug-likeness (QED) is 0.220. The summed E-state index contributed by atoms with van der Waals surface area (Å²) in [5.74, 6) is 0.235. The standard InChI is InChI=1S/C39H27NO3/c41-37-34-33-25-26-38(27-15-5-1-6-16-27,28-17-7-2-8-18-28)42-36(33)32-24-14-13-23-31(32)35(34)40-39(43-37,29-19-9-3-10-20-29)30-21-11-4-12-22-30/h1-26,40H. The molecule has 6 aromatic rings. The van der Waals surface area contributed by atoms with Crippen molar-refractivity contribution in [3.8, 4) is 5.75 Å². The lowest BCUT2D eigenvalue weighted by Gasteiger charge is -2.42. The Morgan fingerprint density at radius 2 is 0.977 bits per heavy atom. The molecule has 0 saturated carbocycles. The van der Waals surface area contributed by atoms with Gasteiger partial charge in [-0.05, 0) is 12.2 Å². The number of carbonyl (C=O) groups is 1. The van der Waals surface area contributed by atoms with Gasteiger partial charge >= 0.3 is 5.97 Å². The van der Waals surface area contributed by atoms with E-state index in [4.69, 9.17) is 9.47 Å². The normalized spacial score (nSPS) is 15.9. The monoisotopic (exact) mass is 557 g/mol. The Morgan fingerprint density at radius 3 is 1.51 bits per heavy atom. The van der Waals surface area contributed by atoms with Crippen LogP contribution in [0, 0.1) is 0 Å². The predicted octanol–water partition coefficient (Wildman–Crippen LogP) is 8.67. The van der Waals surface area contributed by atoms with Crippen molar-refractivity contribution in [1.82, 2.24) is 0 Å². The fourth-order valence-corrected chi connectivity index (χ4v) is 6.45. The third kappa shape index (κ3) is 3.80. The first kappa shape index (κ1) is 25.1. The number of hydrogen-bond acceptors (Lipinski definition) is 4. The summed E-state index contributed by atoms with van der Waals surface area (Å²) in [6, 6.07) is 48.2. The maximum atomic E-state index is 14.3. The molecule has 0 amide bonds. The second-order valence-corrected chi connectivity index (χ2v) is 10.9. The van der Waals surface area contributed by atoms with Crippen molar-refractivity contribution in [2.24, 2.45) is 0 Å². The summed E-state index contributed by atoms with van der Waals surface area (Å²) in [6.07, 6.45) is 4.07. The number of fused-ring (bicyclic) bond motifs is 6. The molecule has 0 aromatic heterocycles. The average Bonchev–Trinajstić information content (AvgIpc) is 3.09. The minimum Gasteiger partial charge on any atom is -0.472 e. The van der Waals surface area contributed by atoms with Crippen LogP contribution >= 0.6 is 0 Å². The molecule has 1 N–H and O–H groups in total. The number of carbonyl (C=O) groups excluding carboxylic acids is 1. The van der Waals surface area contributed by atoms with Crippen LogP contribution in [0.15, 0.2) is 152 Å². The molecule has 0 aliphatic carbocycles. The van der Waals surface area contributed by atoms with Gasteiger partial charge in [0.25, 0.3) is 0 Å². The molecule has 0 fully saturated rings. The molecule has 0 unspecified atom stereocenters. The first-order chi connectivity index (χ1) is 21.2. The average molecular weight is 558 g/mol. The highest BCUT2D eigenvalue weighted by Crippen LogP contribution is 2.52. The van der Waals surface area contributed by atoms with E-state index in [9.17, 15) is 4.79 Å². The topological polar surface area (TPSA) is 47.6 Å². The maximum absolute atomic E-state index is 14.3. The van der Waals surface area contributed by atoms with Crippen LogP contribution < -0.4 is 10.1 Å². The van der Waals surface area contributed by atoms with Gasteiger partial charge in [-0.3, -0.25) is 0 Å². The molecule has 2 aliphatic heterocycles. The molecule has 8 rings (SSSR count). The van der Waals surface area contributed by atoms with Crippen LogP contribution in [0.25, 0.3) is 16.8 Å². The van der Waals surface area contributed by atoms with Crippen molar-refractivity contribution >= 4 is 28.5 Å². The Kier molecular flexibility index (Phi) is 5.69. The smallest absolute Gasteiger partial charge is 0.343 e. The number of nitrogens with one attached hydrogen (secondary N) is 1. The van der Waals surface area contributed by atoms with E-state index in [0.717, 1.165) is 38.7 Å². The van der Waals surface area contributed by atoms with E-state index in [1.807, 2.05) is 121 Å². The molecule has 0 radical (unpaired) electrons. The molecule has 0 saturated heterocycles. The highest BCUT2D eigenvalue weighted by Gasteiger charge is 2.47. The van der Waals surface area contributed by atoms with E-state index in [-0.39, 0.29) is 0 Å². The van der Waals surface area contributed by atoms with Crippen molar-refractivity contribution in [1.29, 1.82) is 0 Å². The van der Waals surface area contributed by atoms with Crippen molar-refractivity contribution in [3.05, 3.63) is 185 Å². The summed E-state index contributed by atoms with van der Waals surface area (Å²) < 4.78 is 13.6. The number of anilines is 1. The summed E-state index contributed by atoms with van der Waals surface area (Å²) in [5.41, 5.74) is 3.46. The SMILES string of the molecule is O=C1OC(c2ccccc2)(c2ccccc2)Nc2c1c1c(c3ccccc23)OC(c2ccccc2)(c2ccccc2)C=C1. The van der Waals surface area contributed by atoms with Crippen LogP contribution in [0.5, 0.6) is 5.75 Å². The van der Waals surface area contributed by atoms with Crippen molar-refractivity contribution < 1.29 is 14.3 Å². The lowest BCUT2D eigenvalue weighted by Crippen LogP contribution is -2.45. The van der Waals surface area contributed by atoms with Crippen LogP contribution in [0.4, 0.5) is 5.69 Å². The zero-order valence-corrected chi connectivity index (χ0v) is 23.2. The number of esters is 1. The minimum absolute atomic E-state index is 0.413. The van der Waals surface area contributed by atoms with Gasteiger partial charge in [0.2, 0.25) is 5.72 Å². The lowest BCUT2D eigenvalue weighted by atomic mass is 9.82. The molecule has 2 aliphatic rings. The summed E-state index contributed by atoms with van der Waals surface area (Å²) in [6.45, 7) is 0. The Hall–Kier alpha value is -5.61. The van der Waals surface area contributed by atoms with Crippen LogP contribution in [0.1, 0.15) is 38.2 Å². The molecule has 2 heterocycles. The molecule has 206 valence electrons. The molecule has 43 heavy (non-hydrogen) atoms. The van der Waals surface area contributed by atoms with Crippen LogP contribution in [0.3, 0.4) is 0 Å². The van der Waals surface area contributed by atoms with E-state index < -0.39 is 17.3 Å². The number of benzene rings is 6. The second kappa shape index (κ2) is 9.74. The van der Waals surface area contributed by atoms with E-state index in [1.54, 1.807) is 0 Å². The van der Waals surface area contributed by atoms with E-state index in [2.05, 4.69) is 41.7 Å². The molecule has 0 spiro atoms. The highest BCUT2D eigenvalue weighted by atomic mass is 16.6. The minimum atomic E-state index is -1.21. The molecular weight excluding hydrogens is 530 g/mol. The third-order valence-electron chi connectivity index (χ3n) is 8.47. The maximum Gasteiger partial charge on any atom is 0.343 e. The largest absolute Gasteiger partial charge is 0.472 e. The van der Waals surface area contributed by atoms with E-state index in [0.29, 0.717) is 16.9 Å². The number of hydrogen-bond donors (Lipinski definition) is 1. The fraction of sp³-hybridized carbons (Fsp3) is 0.0513. The molecule has 4 nitrogen and oxygen atoms in total. The molecule has 6 aromatic carbocycles. The summed E-state index contributed by atoms with van der Waals surface area (Å²) in [5, 5.41) is 5.51. The van der Waals surface area contributed by atoms with Gasteiger partial charge in [-0.2, -0.15) is 0 Å². The Balaban J connectivity index is 1.38. The summed E-state index contributed by atoms with van der Waals surface area (Å²) in [7, 11) is 0. The van der Waals surface area contributed by atoms with Gasteiger partial charge in [0.05, 0.1) is 11.3 Å². The first-order valence-corrected chi connectivity index (χ1v) is 14.4. The third-order valence-corrected chi connectivity index (χ3v) is 8.47. The number of cyclic esters (lactones) is 1. The highest BCUT2D eigenvalue weighted by molar-refractivity contribution is 6.14. The lowest BCUT2D eigenvalue weighted by molar-refractivity contribution is 0.00619. The van der Waals surface area contributed by atoms with Gasteiger partial charge in [0, 0.05) is 38.6 Å². The Morgan fingerprint density at radius 1 is 0.512 bits per heavy atom. The van der Waals surface area contributed by atoms with Gasteiger partial charge in [-0.25, -0.2) is 4.79 Å². The van der Waals surface area contributed by atoms with Crippen molar-refractivity contribution in [3.63, 3.8) is 0 Å². The molecule has 0 atom stereocenters. The number of rotatable bonds is 4. The zero-order valence-electron chi connectivity index (χ0n) is 23.2. The van der Waals surface area contributed by atoms with Gasteiger partial charge in [0.15, 0.2) is 5.60 Å². The van der Waals surface area contributed by atoms with Gasteiger partial charge in [-0.15, -0.1) is 0 Å². The number of ether oxygens (including phenoxy) is 2. The van der Waals surface area contributed by atoms with Gasteiger partial charge in [0.1, 0.15) is 5.75 Å². The van der Waals surface area contributed by atoms with E-state index >= 15 is 0 Å². The van der Waals surface area contributed by atoms with Crippen molar-refractivity contribution in [2.75, 3.05) is 5.32 Å². The fourth-order valence-electron chi connectivity index (χ4n) is 6.45. The summed E-state index contributed by atoms with van der Waals surface area (Å²) >= 11 is 0.